The summed E-state index contributed by atoms with van der Waals surface area (Å²) < 4.78 is 6.43. The fourth-order valence-electron chi connectivity index (χ4n) is 1.71. The van der Waals surface area contributed by atoms with Crippen LogP contribution >= 0.6 is 0 Å². The number of rotatable bonds is 7. The van der Waals surface area contributed by atoms with Gasteiger partial charge in [-0.2, -0.15) is 0 Å². The second kappa shape index (κ2) is 7.81. The summed E-state index contributed by atoms with van der Waals surface area (Å²) in [6, 6.07) is 2.44. The lowest BCUT2D eigenvalue weighted by molar-refractivity contribution is -0.118. The van der Waals surface area contributed by atoms with Crippen LogP contribution in [0.25, 0.3) is 0 Å². The van der Waals surface area contributed by atoms with Crippen molar-refractivity contribution in [3.63, 3.8) is 0 Å². The third-order valence-corrected chi connectivity index (χ3v) is 3.35. The van der Waals surface area contributed by atoms with E-state index in [2.05, 4.69) is 5.32 Å². The van der Waals surface area contributed by atoms with Gasteiger partial charge < -0.3 is 20.4 Å². The van der Waals surface area contributed by atoms with Crippen molar-refractivity contribution in [1.29, 1.82) is 0 Å². The summed E-state index contributed by atoms with van der Waals surface area (Å²) in [5, 5.41) is 2.74. The average molecular weight is 281 g/mol. The number of carbonyl (C=O) groups excluding carboxylic acids is 1. The molecule has 1 amide bonds. The second-order valence-corrected chi connectivity index (χ2v) is 4.84. The normalized spacial score (nSPS) is 13.8. The lowest BCUT2D eigenvalue weighted by Gasteiger charge is -2.18. The Morgan fingerprint density at radius 1 is 1.50 bits per heavy atom. The van der Waals surface area contributed by atoms with Crippen molar-refractivity contribution < 1.29 is 9.53 Å². The molecule has 2 atom stereocenters. The van der Waals surface area contributed by atoms with Crippen LogP contribution in [0.2, 0.25) is 0 Å². The van der Waals surface area contributed by atoms with E-state index < -0.39 is 6.04 Å². The molecule has 1 heterocycles. The number of nitrogens with zero attached hydrogens (tertiary/aromatic N) is 1. The Morgan fingerprint density at radius 3 is 2.80 bits per heavy atom. The minimum atomic E-state index is -0.556. The van der Waals surface area contributed by atoms with Crippen LogP contribution in [0.4, 0.5) is 5.69 Å². The maximum absolute atomic E-state index is 12.0. The Balaban J connectivity index is 2.77. The highest BCUT2D eigenvalue weighted by Crippen LogP contribution is 2.09. The maximum Gasteiger partial charge on any atom is 0.250 e. The number of nitrogens with two attached hydrogens (primary N) is 1. The summed E-state index contributed by atoms with van der Waals surface area (Å²) in [7, 11) is 1.57. The van der Waals surface area contributed by atoms with Gasteiger partial charge in [0.15, 0.2) is 0 Å². The van der Waals surface area contributed by atoms with Crippen LogP contribution in [0.5, 0.6) is 0 Å². The van der Waals surface area contributed by atoms with E-state index >= 15 is 0 Å². The lowest BCUT2D eigenvalue weighted by atomic mass is 9.99. The smallest absolute Gasteiger partial charge is 0.250 e. The van der Waals surface area contributed by atoms with E-state index in [9.17, 15) is 9.59 Å². The summed E-state index contributed by atoms with van der Waals surface area (Å²) in [4.78, 5) is 23.6. The summed E-state index contributed by atoms with van der Waals surface area (Å²) in [5.41, 5.74) is 6.29. The van der Waals surface area contributed by atoms with Crippen LogP contribution in [0.15, 0.2) is 23.1 Å². The zero-order valence-electron chi connectivity index (χ0n) is 12.3. The van der Waals surface area contributed by atoms with Crippen molar-refractivity contribution in [3.8, 4) is 0 Å². The SMILES string of the molecule is CCC(C)C(N)C(=O)Nc1ccc(=O)n(CCOC)c1. The van der Waals surface area contributed by atoms with Crippen LogP contribution in [-0.4, -0.2) is 30.2 Å². The van der Waals surface area contributed by atoms with E-state index in [-0.39, 0.29) is 17.4 Å². The summed E-state index contributed by atoms with van der Waals surface area (Å²) in [6.45, 7) is 4.80. The van der Waals surface area contributed by atoms with Gasteiger partial charge in [0, 0.05) is 25.9 Å². The molecule has 0 fully saturated rings. The first-order valence-corrected chi connectivity index (χ1v) is 6.75. The summed E-state index contributed by atoms with van der Waals surface area (Å²) in [6.07, 6.45) is 2.44. The Bertz CT molecular complexity index is 499. The van der Waals surface area contributed by atoms with E-state index in [1.54, 1.807) is 19.4 Å². The topological polar surface area (TPSA) is 86.4 Å². The van der Waals surface area contributed by atoms with Crippen LogP contribution in [0.3, 0.4) is 0 Å². The largest absolute Gasteiger partial charge is 0.383 e. The predicted octanol–water partition coefficient (Wildman–Crippen LogP) is 0.807. The van der Waals surface area contributed by atoms with Crippen LogP contribution in [0.1, 0.15) is 20.3 Å². The van der Waals surface area contributed by atoms with Gasteiger partial charge in [-0.1, -0.05) is 20.3 Å². The molecule has 0 bridgehead atoms. The van der Waals surface area contributed by atoms with Gasteiger partial charge in [-0.25, -0.2) is 0 Å². The summed E-state index contributed by atoms with van der Waals surface area (Å²) in [5.74, 6) is -0.134. The molecule has 6 heteroatoms. The lowest BCUT2D eigenvalue weighted by Crippen LogP contribution is -2.40. The van der Waals surface area contributed by atoms with Crippen molar-refractivity contribution in [2.24, 2.45) is 11.7 Å². The van der Waals surface area contributed by atoms with Crippen molar-refractivity contribution >= 4 is 11.6 Å². The molecule has 0 aliphatic rings. The molecule has 20 heavy (non-hydrogen) atoms. The molecule has 0 aliphatic heterocycles. The van der Waals surface area contributed by atoms with E-state index in [0.29, 0.717) is 18.8 Å². The predicted molar refractivity (Wildman–Crippen MR) is 78.6 cm³/mol. The van der Waals surface area contributed by atoms with Crippen LogP contribution in [-0.2, 0) is 16.1 Å². The molecule has 112 valence electrons. The highest BCUT2D eigenvalue weighted by molar-refractivity contribution is 5.94. The number of amides is 1. The number of aromatic nitrogens is 1. The number of nitrogens with one attached hydrogen (secondary N) is 1. The van der Waals surface area contributed by atoms with Crippen molar-refractivity contribution in [2.75, 3.05) is 19.0 Å². The standard InChI is InChI=1S/C14H23N3O3/c1-4-10(2)13(15)14(19)16-11-5-6-12(18)17(9-11)7-8-20-3/h5-6,9-10,13H,4,7-8,15H2,1-3H3,(H,16,19). The Hall–Kier alpha value is -1.66. The van der Waals surface area contributed by atoms with Crippen LogP contribution in [0, 0.1) is 5.92 Å². The Labute approximate surface area is 118 Å². The van der Waals surface area contributed by atoms with Gasteiger partial charge in [0.1, 0.15) is 0 Å². The zero-order chi connectivity index (χ0) is 15.1. The van der Waals surface area contributed by atoms with Gasteiger partial charge in [-0.3, -0.25) is 9.59 Å². The van der Waals surface area contributed by atoms with E-state index in [4.69, 9.17) is 10.5 Å². The first-order chi connectivity index (χ1) is 9.49. The fourth-order valence-corrected chi connectivity index (χ4v) is 1.71. The van der Waals surface area contributed by atoms with E-state index in [0.717, 1.165) is 6.42 Å². The van der Waals surface area contributed by atoms with Gasteiger partial charge in [0.25, 0.3) is 5.56 Å². The molecule has 6 nitrogen and oxygen atoms in total. The fraction of sp³-hybridized carbons (Fsp3) is 0.571. The highest BCUT2D eigenvalue weighted by atomic mass is 16.5. The van der Waals surface area contributed by atoms with Gasteiger partial charge in [-0.05, 0) is 12.0 Å². The van der Waals surface area contributed by atoms with Crippen LogP contribution < -0.4 is 16.6 Å². The molecule has 0 aliphatic carbocycles. The third kappa shape index (κ3) is 4.47. The number of pyridine rings is 1. The molecule has 1 aromatic rings. The van der Waals surface area contributed by atoms with Gasteiger partial charge in [-0.15, -0.1) is 0 Å². The Kier molecular flexibility index (Phi) is 6.41. The van der Waals surface area contributed by atoms with Gasteiger partial charge >= 0.3 is 0 Å². The second-order valence-electron chi connectivity index (χ2n) is 4.84. The summed E-state index contributed by atoms with van der Waals surface area (Å²) >= 11 is 0. The van der Waals surface area contributed by atoms with E-state index in [1.807, 2.05) is 13.8 Å². The Morgan fingerprint density at radius 2 is 2.20 bits per heavy atom. The molecular weight excluding hydrogens is 258 g/mol. The number of ether oxygens (including phenoxy) is 1. The quantitative estimate of drug-likeness (QED) is 0.774. The number of hydrogen-bond acceptors (Lipinski definition) is 4. The number of hydrogen-bond donors (Lipinski definition) is 2. The molecule has 0 saturated heterocycles. The first kappa shape index (κ1) is 16.4. The van der Waals surface area contributed by atoms with Crippen molar-refractivity contribution in [1.82, 2.24) is 4.57 Å². The minimum Gasteiger partial charge on any atom is -0.383 e. The first-order valence-electron chi connectivity index (χ1n) is 6.75. The molecule has 0 radical (unpaired) electrons. The van der Waals surface area contributed by atoms with Crippen molar-refractivity contribution in [2.45, 2.75) is 32.9 Å². The zero-order valence-corrected chi connectivity index (χ0v) is 12.3. The molecule has 0 spiro atoms. The number of anilines is 1. The molecule has 0 aromatic carbocycles. The number of carbonyl (C=O) groups is 1. The molecule has 0 saturated carbocycles. The van der Waals surface area contributed by atoms with Gasteiger partial charge in [0.05, 0.1) is 18.3 Å². The monoisotopic (exact) mass is 281 g/mol. The maximum atomic E-state index is 12.0. The van der Waals surface area contributed by atoms with E-state index in [1.165, 1.54) is 10.6 Å². The molecule has 1 rings (SSSR count). The minimum absolute atomic E-state index is 0.106. The molecule has 1 aromatic heterocycles. The van der Waals surface area contributed by atoms with Crippen molar-refractivity contribution in [3.05, 3.63) is 28.7 Å². The highest BCUT2D eigenvalue weighted by Gasteiger charge is 2.19. The number of methoxy groups -OCH3 is 1. The molecular formula is C14H23N3O3. The third-order valence-electron chi connectivity index (χ3n) is 3.35. The average Bonchev–Trinajstić information content (AvgIpc) is 2.45. The molecule has 2 unspecified atom stereocenters. The van der Waals surface area contributed by atoms with Gasteiger partial charge in [0.2, 0.25) is 5.91 Å². The molecule has 3 N–H and O–H groups in total.